The van der Waals surface area contributed by atoms with E-state index in [9.17, 15) is 22.8 Å². The summed E-state index contributed by atoms with van der Waals surface area (Å²) in [6.07, 6.45) is -2.27. The number of anilines is 2. The van der Waals surface area contributed by atoms with Crippen LogP contribution in [0.2, 0.25) is 0 Å². The first-order valence-electron chi connectivity index (χ1n) is 12.7. The fourth-order valence-corrected chi connectivity index (χ4v) is 4.92. The van der Waals surface area contributed by atoms with Crippen LogP contribution in [-0.2, 0) is 35.2 Å². The molecule has 9 heteroatoms. The Labute approximate surface area is 229 Å². The van der Waals surface area contributed by atoms with Crippen LogP contribution in [0.4, 0.5) is 24.5 Å². The topological polar surface area (TPSA) is 71.5 Å². The summed E-state index contributed by atoms with van der Waals surface area (Å²) in [5, 5.41) is 2.76. The van der Waals surface area contributed by atoms with Crippen LogP contribution in [0, 0.1) is 0 Å². The Morgan fingerprint density at radius 1 is 1.00 bits per heavy atom. The van der Waals surface area contributed by atoms with Crippen molar-refractivity contribution in [2.24, 2.45) is 0 Å². The van der Waals surface area contributed by atoms with Gasteiger partial charge in [-0.25, -0.2) is 0 Å². The third-order valence-electron chi connectivity index (χ3n) is 6.77. The third-order valence-corrected chi connectivity index (χ3v) is 6.77. The van der Waals surface area contributed by atoms with Crippen LogP contribution in [0.25, 0.3) is 11.1 Å². The summed E-state index contributed by atoms with van der Waals surface area (Å²) in [6.45, 7) is 0.239. The molecule has 6 nitrogen and oxygen atoms in total. The van der Waals surface area contributed by atoms with Crippen molar-refractivity contribution in [3.63, 3.8) is 0 Å². The molecule has 2 amide bonds. The highest BCUT2D eigenvalue weighted by molar-refractivity contribution is 6.09. The minimum atomic E-state index is -4.67. The number of carbonyl (C=O) groups is 2. The van der Waals surface area contributed by atoms with Crippen LogP contribution in [0.5, 0.6) is 0 Å². The number of nitrogens with zero attached hydrogens (tertiary/aromatic N) is 2. The standard InChI is InChI=1S/C31H26F3N3O3/c1-40-19-22-16-25(20-7-3-2-4-8-20)26(18-27(22)31(32,33)34)30(39)36-24-10-11-28-21(15-24)12-14-37(28)29(38)17-23-9-5-6-13-35-23/h2-11,13,15-16,18H,12,14,17,19H2,1H3,(H,36,39). The molecule has 0 saturated heterocycles. The Morgan fingerprint density at radius 3 is 2.48 bits per heavy atom. The van der Waals surface area contributed by atoms with Crippen LogP contribution in [-0.4, -0.2) is 30.5 Å². The number of rotatable bonds is 7. The third kappa shape index (κ3) is 5.74. The van der Waals surface area contributed by atoms with Gasteiger partial charge in [0.15, 0.2) is 0 Å². The summed E-state index contributed by atoms with van der Waals surface area (Å²) in [7, 11) is 1.32. The lowest BCUT2D eigenvalue weighted by Crippen LogP contribution is -2.30. The molecule has 204 valence electrons. The largest absolute Gasteiger partial charge is 0.416 e. The summed E-state index contributed by atoms with van der Waals surface area (Å²) < 4.78 is 46.8. The van der Waals surface area contributed by atoms with Crippen LogP contribution in [0.15, 0.2) is 85.1 Å². The SMILES string of the molecule is COCc1cc(-c2ccccc2)c(C(=O)Nc2ccc3c(c2)CCN3C(=O)Cc2ccccn2)cc1C(F)(F)F. The Kier molecular flexibility index (Phi) is 7.66. The first-order valence-corrected chi connectivity index (χ1v) is 12.7. The zero-order valence-corrected chi connectivity index (χ0v) is 21.7. The predicted molar refractivity (Wildman–Crippen MR) is 146 cm³/mol. The molecule has 0 aliphatic carbocycles. The second kappa shape index (κ2) is 11.3. The number of pyridine rings is 1. The van der Waals surface area contributed by atoms with Gasteiger partial charge in [-0.15, -0.1) is 0 Å². The summed E-state index contributed by atoms with van der Waals surface area (Å²) in [5.41, 5.74) is 2.60. The monoisotopic (exact) mass is 545 g/mol. The van der Waals surface area contributed by atoms with Gasteiger partial charge in [0.05, 0.1) is 18.6 Å². The normalized spacial score (nSPS) is 12.8. The maximum Gasteiger partial charge on any atom is 0.416 e. The second-order valence-electron chi connectivity index (χ2n) is 9.44. The lowest BCUT2D eigenvalue weighted by Gasteiger charge is -2.19. The molecule has 5 rings (SSSR count). The number of aromatic nitrogens is 1. The number of nitrogens with one attached hydrogen (secondary N) is 1. The molecule has 0 bridgehead atoms. The number of fused-ring (bicyclic) bond motifs is 1. The van der Waals surface area contributed by atoms with E-state index in [4.69, 9.17) is 4.74 Å². The van der Waals surface area contributed by atoms with E-state index >= 15 is 0 Å². The summed E-state index contributed by atoms with van der Waals surface area (Å²) >= 11 is 0. The molecule has 1 aliphatic heterocycles. The highest BCUT2D eigenvalue weighted by Crippen LogP contribution is 2.38. The molecule has 4 aromatic rings. The summed E-state index contributed by atoms with van der Waals surface area (Å²) in [5.74, 6) is -0.757. The van der Waals surface area contributed by atoms with Gasteiger partial charge in [0.25, 0.3) is 5.91 Å². The first kappa shape index (κ1) is 27.1. The maximum atomic E-state index is 13.9. The average molecular weight is 546 g/mol. The van der Waals surface area contributed by atoms with E-state index in [2.05, 4.69) is 10.3 Å². The van der Waals surface area contributed by atoms with Crippen molar-refractivity contribution >= 4 is 23.2 Å². The van der Waals surface area contributed by atoms with Crippen molar-refractivity contribution in [2.75, 3.05) is 23.9 Å². The van der Waals surface area contributed by atoms with Gasteiger partial charge in [-0.3, -0.25) is 14.6 Å². The van der Waals surface area contributed by atoms with Crippen molar-refractivity contribution in [3.05, 3.63) is 113 Å². The van der Waals surface area contributed by atoms with E-state index in [-0.39, 0.29) is 30.1 Å². The number of carbonyl (C=O) groups excluding carboxylic acids is 2. The van der Waals surface area contributed by atoms with Crippen molar-refractivity contribution in [3.8, 4) is 11.1 Å². The fourth-order valence-electron chi connectivity index (χ4n) is 4.92. The number of halogens is 3. The van der Waals surface area contributed by atoms with Gasteiger partial charge in [0, 0.05) is 42.5 Å². The van der Waals surface area contributed by atoms with Gasteiger partial charge in [0.2, 0.25) is 5.91 Å². The molecule has 0 radical (unpaired) electrons. The number of hydrogen-bond donors (Lipinski definition) is 1. The van der Waals surface area contributed by atoms with Crippen molar-refractivity contribution in [1.82, 2.24) is 4.98 Å². The number of benzene rings is 3. The molecule has 1 N–H and O–H groups in total. The van der Waals surface area contributed by atoms with Crippen LogP contribution in [0.3, 0.4) is 0 Å². The lowest BCUT2D eigenvalue weighted by atomic mass is 9.93. The van der Waals surface area contributed by atoms with Crippen LogP contribution in [0.1, 0.15) is 32.7 Å². The predicted octanol–water partition coefficient (Wildman–Crippen LogP) is 6.30. The molecule has 2 heterocycles. The van der Waals surface area contributed by atoms with E-state index in [1.807, 2.05) is 6.07 Å². The van der Waals surface area contributed by atoms with Gasteiger partial charge in [-0.1, -0.05) is 36.4 Å². The number of methoxy groups -OCH3 is 1. The minimum absolute atomic E-state index is 0.0570. The Balaban J connectivity index is 1.43. The zero-order valence-electron chi connectivity index (χ0n) is 21.7. The molecular formula is C31H26F3N3O3. The van der Waals surface area contributed by atoms with Crippen molar-refractivity contribution in [1.29, 1.82) is 0 Å². The summed E-state index contributed by atoms with van der Waals surface area (Å²) in [4.78, 5) is 32.3. The van der Waals surface area contributed by atoms with E-state index in [0.717, 1.165) is 17.3 Å². The average Bonchev–Trinajstić information content (AvgIpc) is 3.37. The second-order valence-corrected chi connectivity index (χ2v) is 9.44. The van der Waals surface area contributed by atoms with Crippen LogP contribution >= 0.6 is 0 Å². The highest BCUT2D eigenvalue weighted by Gasteiger charge is 2.35. The molecule has 0 atom stereocenters. The first-order chi connectivity index (χ1) is 19.2. The van der Waals surface area contributed by atoms with Gasteiger partial charge in [-0.05, 0) is 71.1 Å². The lowest BCUT2D eigenvalue weighted by molar-refractivity contribution is -0.138. The molecule has 1 aliphatic rings. The van der Waals surface area contributed by atoms with Crippen molar-refractivity contribution in [2.45, 2.75) is 25.6 Å². The fraction of sp³-hybridized carbons (Fsp3) is 0.194. The molecule has 0 fully saturated rings. The zero-order chi connectivity index (χ0) is 28.3. The van der Waals surface area contributed by atoms with E-state index in [1.54, 1.807) is 71.8 Å². The Morgan fingerprint density at radius 2 is 1.77 bits per heavy atom. The Hall–Kier alpha value is -4.50. The van der Waals surface area contributed by atoms with E-state index < -0.39 is 17.6 Å². The molecule has 0 spiro atoms. The maximum absolute atomic E-state index is 13.9. The molecule has 0 unspecified atom stereocenters. The van der Waals surface area contributed by atoms with Crippen LogP contribution < -0.4 is 10.2 Å². The van der Waals surface area contributed by atoms with E-state index in [0.29, 0.717) is 35.5 Å². The van der Waals surface area contributed by atoms with E-state index in [1.165, 1.54) is 13.2 Å². The number of ether oxygens (including phenoxy) is 1. The van der Waals surface area contributed by atoms with Crippen molar-refractivity contribution < 1.29 is 27.5 Å². The number of alkyl halides is 3. The smallest absolute Gasteiger partial charge is 0.380 e. The van der Waals surface area contributed by atoms with Gasteiger partial charge >= 0.3 is 6.18 Å². The molecule has 1 aromatic heterocycles. The molecular weight excluding hydrogens is 519 g/mol. The van der Waals surface area contributed by atoms with Gasteiger partial charge in [-0.2, -0.15) is 13.2 Å². The van der Waals surface area contributed by atoms with Gasteiger partial charge in [0.1, 0.15) is 0 Å². The molecule has 3 aromatic carbocycles. The quantitative estimate of drug-likeness (QED) is 0.296. The highest BCUT2D eigenvalue weighted by atomic mass is 19.4. The number of hydrogen-bond acceptors (Lipinski definition) is 4. The summed E-state index contributed by atoms with van der Waals surface area (Å²) in [6, 6.07) is 21.6. The number of amides is 2. The minimum Gasteiger partial charge on any atom is -0.380 e. The molecule has 40 heavy (non-hydrogen) atoms. The molecule has 0 saturated carbocycles. The Bertz CT molecular complexity index is 1540. The van der Waals surface area contributed by atoms with Gasteiger partial charge < -0.3 is 15.0 Å².